The Bertz CT molecular complexity index is 503. The number of alkyl halides is 2. The van der Waals surface area contributed by atoms with Gasteiger partial charge in [0.1, 0.15) is 11.4 Å². The highest BCUT2D eigenvalue weighted by molar-refractivity contribution is 9.10. The van der Waals surface area contributed by atoms with Crippen molar-refractivity contribution in [3.05, 3.63) is 33.5 Å². The number of rotatable bonds is 3. The average molecular weight is 338 g/mol. The summed E-state index contributed by atoms with van der Waals surface area (Å²) in [6.45, 7) is 3.12. The summed E-state index contributed by atoms with van der Waals surface area (Å²) in [5.74, 6) is -1.94. The van der Waals surface area contributed by atoms with E-state index in [0.717, 1.165) is 0 Å². The van der Waals surface area contributed by atoms with Gasteiger partial charge in [0.2, 0.25) is 0 Å². The molecule has 4 atom stereocenters. The third-order valence-corrected chi connectivity index (χ3v) is 4.39. The Morgan fingerprint density at radius 1 is 1.42 bits per heavy atom. The first-order chi connectivity index (χ1) is 8.71. The Kier molecular flexibility index (Phi) is 3.70. The molecule has 1 fully saturated rings. The lowest BCUT2D eigenvalue weighted by molar-refractivity contribution is 0.0248. The summed E-state index contributed by atoms with van der Waals surface area (Å²) in [7, 11) is 0. The highest BCUT2D eigenvalue weighted by atomic mass is 79.9. The van der Waals surface area contributed by atoms with E-state index in [0.29, 0.717) is 4.47 Å². The van der Waals surface area contributed by atoms with E-state index in [1.54, 1.807) is 6.92 Å². The van der Waals surface area contributed by atoms with Gasteiger partial charge in [0.05, 0.1) is 6.10 Å². The van der Waals surface area contributed by atoms with E-state index < -0.39 is 29.8 Å². The number of aliphatic hydroxyl groups excluding tert-OH is 1. The van der Waals surface area contributed by atoms with Gasteiger partial charge in [0.15, 0.2) is 0 Å². The molecule has 2 rings (SSSR count). The van der Waals surface area contributed by atoms with Crippen LogP contribution in [0.25, 0.3) is 0 Å². The maximum Gasteiger partial charge on any atom is 0.260 e. The molecule has 0 radical (unpaired) electrons. The van der Waals surface area contributed by atoms with Crippen molar-refractivity contribution in [1.82, 2.24) is 0 Å². The number of hydrogen-bond donors (Lipinski definition) is 2. The second-order valence-corrected chi connectivity index (χ2v) is 6.11. The van der Waals surface area contributed by atoms with Crippen LogP contribution in [0.4, 0.5) is 13.2 Å². The molecule has 19 heavy (non-hydrogen) atoms. The molecule has 1 aliphatic carbocycles. The number of hydrogen-bond acceptors (Lipinski definition) is 2. The minimum atomic E-state index is -2.96. The van der Waals surface area contributed by atoms with Crippen molar-refractivity contribution in [3.63, 3.8) is 0 Å². The fraction of sp³-hybridized carbons (Fsp3) is 0.538. The second-order valence-electron chi connectivity index (χ2n) is 5.19. The van der Waals surface area contributed by atoms with Crippen LogP contribution in [0.3, 0.4) is 0 Å². The zero-order valence-corrected chi connectivity index (χ0v) is 12.1. The summed E-state index contributed by atoms with van der Waals surface area (Å²) in [6, 6.07) is 2.77. The maximum absolute atomic E-state index is 14.2. The zero-order chi connectivity index (χ0) is 14.5. The van der Waals surface area contributed by atoms with E-state index in [1.807, 2.05) is 0 Å². The van der Waals surface area contributed by atoms with Gasteiger partial charge in [0, 0.05) is 16.0 Å². The lowest BCUT2D eigenvalue weighted by Gasteiger charge is -2.30. The van der Waals surface area contributed by atoms with E-state index in [4.69, 9.17) is 5.73 Å². The molecule has 0 heterocycles. The van der Waals surface area contributed by atoms with Gasteiger partial charge in [-0.2, -0.15) is 0 Å². The van der Waals surface area contributed by atoms with E-state index >= 15 is 0 Å². The molecule has 2 nitrogen and oxygen atoms in total. The van der Waals surface area contributed by atoms with Gasteiger partial charge >= 0.3 is 0 Å². The quantitative estimate of drug-likeness (QED) is 0.890. The predicted molar refractivity (Wildman–Crippen MR) is 69.4 cm³/mol. The molecule has 3 N–H and O–H groups in total. The third-order valence-electron chi connectivity index (χ3n) is 3.93. The van der Waals surface area contributed by atoms with Gasteiger partial charge in [-0.1, -0.05) is 22.9 Å². The first-order valence-corrected chi connectivity index (χ1v) is 6.71. The van der Waals surface area contributed by atoms with Crippen molar-refractivity contribution in [1.29, 1.82) is 0 Å². The Hall–Kier alpha value is -0.590. The summed E-state index contributed by atoms with van der Waals surface area (Å²) in [4.78, 5) is 0. The van der Waals surface area contributed by atoms with Gasteiger partial charge < -0.3 is 10.8 Å². The third kappa shape index (κ3) is 2.19. The molecule has 1 aliphatic rings. The summed E-state index contributed by atoms with van der Waals surface area (Å²) < 4.78 is 41.5. The fourth-order valence-corrected chi connectivity index (χ4v) is 3.21. The minimum absolute atomic E-state index is 0.239. The van der Waals surface area contributed by atoms with Crippen LogP contribution in [0, 0.1) is 24.6 Å². The van der Waals surface area contributed by atoms with Crippen LogP contribution in [0.1, 0.15) is 18.1 Å². The van der Waals surface area contributed by atoms with E-state index in [1.165, 1.54) is 19.1 Å². The Morgan fingerprint density at radius 3 is 2.37 bits per heavy atom. The van der Waals surface area contributed by atoms with Crippen molar-refractivity contribution in [2.45, 2.75) is 31.9 Å². The van der Waals surface area contributed by atoms with Crippen LogP contribution in [-0.2, 0) is 5.54 Å². The monoisotopic (exact) mass is 337 g/mol. The number of benzene rings is 1. The van der Waals surface area contributed by atoms with Crippen LogP contribution >= 0.6 is 15.9 Å². The number of halogens is 4. The van der Waals surface area contributed by atoms with Crippen molar-refractivity contribution in [2.75, 3.05) is 0 Å². The summed E-state index contributed by atoms with van der Waals surface area (Å²) in [6.07, 6.45) is -3.88. The lowest BCUT2D eigenvalue weighted by Crippen LogP contribution is -2.48. The van der Waals surface area contributed by atoms with Crippen LogP contribution in [0.5, 0.6) is 0 Å². The normalized spacial score (nSPS) is 29.4. The smallest absolute Gasteiger partial charge is 0.260 e. The Balaban J connectivity index is 2.58. The van der Waals surface area contributed by atoms with Crippen LogP contribution in [0.15, 0.2) is 16.6 Å². The second kappa shape index (κ2) is 4.75. The van der Waals surface area contributed by atoms with Crippen molar-refractivity contribution in [3.8, 4) is 0 Å². The molecule has 0 aromatic heterocycles. The van der Waals surface area contributed by atoms with Gasteiger partial charge in [0.25, 0.3) is 6.43 Å². The number of nitrogens with two attached hydrogens (primary N) is 1. The maximum atomic E-state index is 14.2. The highest BCUT2D eigenvalue weighted by Gasteiger charge is 2.62. The number of aliphatic hydroxyl groups is 1. The topological polar surface area (TPSA) is 46.2 Å². The molecule has 1 aromatic rings. The largest absolute Gasteiger partial charge is 0.392 e. The number of aryl methyl sites for hydroxylation is 1. The van der Waals surface area contributed by atoms with Crippen LogP contribution < -0.4 is 5.73 Å². The van der Waals surface area contributed by atoms with Gasteiger partial charge in [-0.15, -0.1) is 0 Å². The standard InChI is InChI=1S/C13H15BrF3NO/c1-5-3-7(14)4-8(10(5)15)13(18,12(16)17)9-6(2)11(9)19/h3-4,6,9,11-12,19H,18H2,1-2H3/t6-,9+,11-,13-/m0/s1. The van der Waals surface area contributed by atoms with Crippen molar-refractivity contribution >= 4 is 15.9 Å². The highest BCUT2D eigenvalue weighted by Crippen LogP contribution is 2.53. The molecule has 0 saturated heterocycles. The average Bonchev–Trinajstić information content (AvgIpc) is 2.91. The minimum Gasteiger partial charge on any atom is -0.392 e. The lowest BCUT2D eigenvalue weighted by atomic mass is 9.84. The molecule has 1 aromatic carbocycles. The van der Waals surface area contributed by atoms with E-state index in [2.05, 4.69) is 15.9 Å². The molecule has 0 aliphatic heterocycles. The predicted octanol–water partition coefficient (Wildman–Crippen LogP) is 2.94. The van der Waals surface area contributed by atoms with Crippen LogP contribution in [0.2, 0.25) is 0 Å². The SMILES string of the molecule is Cc1cc(Br)cc([C@@](N)(C(F)F)[C@@H]2[C@H](C)[C@@H]2O)c1F. The van der Waals surface area contributed by atoms with Crippen molar-refractivity contribution in [2.24, 2.45) is 17.6 Å². The Labute approximate surface area is 117 Å². The molecule has 0 amide bonds. The molecular formula is C13H15BrF3NO. The van der Waals surface area contributed by atoms with E-state index in [9.17, 15) is 18.3 Å². The molecule has 106 valence electrons. The molecule has 0 spiro atoms. The summed E-state index contributed by atoms with van der Waals surface area (Å²) in [5, 5.41) is 9.62. The molecule has 0 unspecified atom stereocenters. The van der Waals surface area contributed by atoms with Gasteiger partial charge in [-0.3, -0.25) is 0 Å². The first kappa shape index (κ1) is 14.8. The summed E-state index contributed by atoms with van der Waals surface area (Å²) in [5.41, 5.74) is 3.64. The molecule has 1 saturated carbocycles. The fourth-order valence-electron chi connectivity index (χ4n) is 2.64. The Morgan fingerprint density at radius 2 is 1.95 bits per heavy atom. The van der Waals surface area contributed by atoms with E-state index in [-0.39, 0.29) is 17.0 Å². The molecular weight excluding hydrogens is 323 g/mol. The zero-order valence-electron chi connectivity index (χ0n) is 10.5. The van der Waals surface area contributed by atoms with Crippen LogP contribution in [-0.4, -0.2) is 17.6 Å². The molecule has 0 bridgehead atoms. The van der Waals surface area contributed by atoms with Crippen molar-refractivity contribution < 1.29 is 18.3 Å². The first-order valence-electron chi connectivity index (χ1n) is 5.92. The molecule has 6 heteroatoms. The van der Waals surface area contributed by atoms with Gasteiger partial charge in [-0.25, -0.2) is 13.2 Å². The van der Waals surface area contributed by atoms with Gasteiger partial charge in [-0.05, 0) is 30.5 Å². The summed E-state index contributed by atoms with van der Waals surface area (Å²) >= 11 is 3.16.